The van der Waals surface area contributed by atoms with Crippen molar-refractivity contribution in [2.75, 3.05) is 6.61 Å². The molecule has 0 unspecified atom stereocenters. The Balaban J connectivity index is 2.00. The van der Waals surface area contributed by atoms with Crippen molar-refractivity contribution in [3.63, 3.8) is 0 Å². The van der Waals surface area contributed by atoms with E-state index in [0.717, 1.165) is 0 Å². The molecule has 0 fully saturated rings. The monoisotopic (exact) mass is 374 g/mol. The second-order valence-electron chi connectivity index (χ2n) is 5.36. The van der Waals surface area contributed by atoms with Gasteiger partial charge in [0.15, 0.2) is 0 Å². The number of aryl methyl sites for hydroxylation is 1. The molecule has 0 aromatic carbocycles. The topological polar surface area (TPSA) is 140 Å². The normalized spacial score (nSPS) is 11.2. The van der Waals surface area contributed by atoms with Gasteiger partial charge in [-0.1, -0.05) is 0 Å². The number of esters is 1. The number of hydrazone groups is 1. The summed E-state index contributed by atoms with van der Waals surface area (Å²) in [5, 5.41) is 14.3. The van der Waals surface area contributed by atoms with Crippen molar-refractivity contribution in [2.24, 2.45) is 5.10 Å². The molecule has 1 amide bonds. The highest BCUT2D eigenvalue weighted by Crippen LogP contribution is 2.19. The van der Waals surface area contributed by atoms with E-state index in [9.17, 15) is 19.7 Å². The number of hydrogen-bond donors (Lipinski definition) is 2. The molecular formula is C17H18N4O6. The molecule has 0 saturated carbocycles. The average Bonchev–Trinajstić information content (AvgIpc) is 3.19. The number of ether oxygens (including phenoxy) is 1. The number of H-pyrrole nitrogens is 1. The predicted molar refractivity (Wildman–Crippen MR) is 96.6 cm³/mol. The Morgan fingerprint density at radius 3 is 2.78 bits per heavy atom. The van der Waals surface area contributed by atoms with Gasteiger partial charge in [-0.15, -0.1) is 0 Å². The van der Waals surface area contributed by atoms with E-state index < -0.39 is 16.8 Å². The van der Waals surface area contributed by atoms with Crippen molar-refractivity contribution in [3.05, 3.63) is 56.6 Å². The van der Waals surface area contributed by atoms with Crippen molar-refractivity contribution in [1.82, 2.24) is 10.4 Å². The maximum Gasteiger partial charge on any atom is 0.433 e. The van der Waals surface area contributed by atoms with Crippen molar-refractivity contribution in [1.29, 1.82) is 0 Å². The third-order valence-corrected chi connectivity index (χ3v) is 3.52. The molecule has 2 N–H and O–H groups in total. The summed E-state index contributed by atoms with van der Waals surface area (Å²) in [5.41, 5.74) is 3.86. The SMILES string of the molecule is CCOC(=O)c1[nH]c(C)c(C(=O)N/N=C/C=C/c2ccc([N+](=O)[O-])o2)c1C. The predicted octanol–water partition coefficient (Wildman–Crippen LogP) is 2.74. The van der Waals surface area contributed by atoms with Gasteiger partial charge in [0, 0.05) is 11.9 Å². The molecule has 2 aromatic rings. The summed E-state index contributed by atoms with van der Waals surface area (Å²) in [6.07, 6.45) is 4.19. The zero-order chi connectivity index (χ0) is 20.0. The molecule has 0 spiro atoms. The fourth-order valence-electron chi connectivity index (χ4n) is 2.36. The zero-order valence-corrected chi connectivity index (χ0v) is 14.9. The number of allylic oxidation sites excluding steroid dienone is 1. The molecule has 27 heavy (non-hydrogen) atoms. The molecule has 0 aliphatic heterocycles. The molecule has 2 heterocycles. The molecule has 0 radical (unpaired) electrons. The summed E-state index contributed by atoms with van der Waals surface area (Å²) < 4.78 is 9.87. The van der Waals surface area contributed by atoms with E-state index in [2.05, 4.69) is 15.5 Å². The summed E-state index contributed by atoms with van der Waals surface area (Å²) in [4.78, 5) is 36.9. The third-order valence-electron chi connectivity index (χ3n) is 3.52. The number of rotatable bonds is 7. The van der Waals surface area contributed by atoms with Gasteiger partial charge >= 0.3 is 11.9 Å². The third kappa shape index (κ3) is 4.69. The van der Waals surface area contributed by atoms with Gasteiger partial charge in [0.2, 0.25) is 0 Å². The minimum absolute atomic E-state index is 0.225. The van der Waals surface area contributed by atoms with E-state index in [-0.39, 0.29) is 23.9 Å². The molecule has 10 nitrogen and oxygen atoms in total. The summed E-state index contributed by atoms with van der Waals surface area (Å²) in [6, 6.07) is 2.67. The van der Waals surface area contributed by atoms with Crippen LogP contribution in [0.25, 0.3) is 6.08 Å². The van der Waals surface area contributed by atoms with Crippen LogP contribution in [-0.2, 0) is 4.74 Å². The van der Waals surface area contributed by atoms with E-state index in [1.165, 1.54) is 30.5 Å². The summed E-state index contributed by atoms with van der Waals surface area (Å²) in [5.74, 6) is -1.11. The Morgan fingerprint density at radius 2 is 2.15 bits per heavy atom. The van der Waals surface area contributed by atoms with Crippen LogP contribution in [0.1, 0.15) is 44.8 Å². The molecule has 0 aliphatic carbocycles. The largest absolute Gasteiger partial charge is 0.461 e. The lowest BCUT2D eigenvalue weighted by molar-refractivity contribution is -0.402. The fraction of sp³-hybridized carbons (Fsp3) is 0.235. The average molecular weight is 374 g/mol. The smallest absolute Gasteiger partial charge is 0.433 e. The quantitative estimate of drug-likeness (QED) is 0.330. The molecule has 0 bridgehead atoms. The fourth-order valence-corrected chi connectivity index (χ4v) is 2.36. The summed E-state index contributed by atoms with van der Waals surface area (Å²) in [6.45, 7) is 5.23. The van der Waals surface area contributed by atoms with E-state index in [1.807, 2.05) is 0 Å². The van der Waals surface area contributed by atoms with Gasteiger partial charge in [-0.2, -0.15) is 5.10 Å². The molecule has 142 valence electrons. The van der Waals surface area contributed by atoms with Gasteiger partial charge in [-0.05, 0) is 44.6 Å². The Hall–Kier alpha value is -3.69. The number of aromatic amines is 1. The number of hydrogen-bond acceptors (Lipinski definition) is 7. The molecule has 0 atom stereocenters. The van der Waals surface area contributed by atoms with E-state index in [4.69, 9.17) is 9.15 Å². The minimum Gasteiger partial charge on any atom is -0.461 e. The number of carbonyl (C=O) groups excluding carboxylic acids is 2. The van der Waals surface area contributed by atoms with Crippen LogP contribution in [0.4, 0.5) is 5.88 Å². The zero-order valence-electron chi connectivity index (χ0n) is 14.9. The van der Waals surface area contributed by atoms with Crippen LogP contribution in [0, 0.1) is 24.0 Å². The first-order valence-corrected chi connectivity index (χ1v) is 7.95. The van der Waals surface area contributed by atoms with E-state index >= 15 is 0 Å². The first-order valence-electron chi connectivity index (χ1n) is 7.95. The Bertz CT molecular complexity index is 922. The number of carbonyl (C=O) groups is 2. The van der Waals surface area contributed by atoms with Crippen LogP contribution >= 0.6 is 0 Å². The lowest BCUT2D eigenvalue weighted by Crippen LogP contribution is -2.19. The van der Waals surface area contributed by atoms with Crippen molar-refractivity contribution >= 4 is 30.1 Å². The van der Waals surface area contributed by atoms with Crippen molar-refractivity contribution in [3.8, 4) is 0 Å². The van der Waals surface area contributed by atoms with Crippen LogP contribution < -0.4 is 5.43 Å². The highest BCUT2D eigenvalue weighted by atomic mass is 16.6. The van der Waals surface area contributed by atoms with Gasteiger partial charge < -0.3 is 14.1 Å². The summed E-state index contributed by atoms with van der Waals surface area (Å²) >= 11 is 0. The number of nitrogens with one attached hydrogen (secondary N) is 2. The van der Waals surface area contributed by atoms with Crippen LogP contribution in [0.2, 0.25) is 0 Å². The highest BCUT2D eigenvalue weighted by Gasteiger charge is 2.22. The standard InChI is InChI=1S/C17H18N4O6/c1-4-26-17(23)15-10(2)14(11(3)19-15)16(22)20-18-9-5-6-12-7-8-13(27-12)21(24)25/h5-9,19H,4H2,1-3H3,(H,20,22)/b6-5+,18-9+. The molecule has 10 heteroatoms. The maximum atomic E-state index is 12.3. The number of aromatic nitrogens is 1. The first kappa shape index (κ1) is 19.6. The summed E-state index contributed by atoms with van der Waals surface area (Å²) in [7, 11) is 0. The number of furan rings is 1. The molecule has 0 saturated heterocycles. The molecular weight excluding hydrogens is 356 g/mol. The second-order valence-corrected chi connectivity index (χ2v) is 5.36. The van der Waals surface area contributed by atoms with Gasteiger partial charge in [0.05, 0.1) is 18.2 Å². The number of nitro groups is 1. The Kier molecular flexibility index (Phi) is 6.26. The molecule has 0 aliphatic rings. The lowest BCUT2D eigenvalue weighted by atomic mass is 10.1. The van der Waals surface area contributed by atoms with Gasteiger partial charge in [0.25, 0.3) is 5.91 Å². The van der Waals surface area contributed by atoms with Gasteiger partial charge in [0.1, 0.15) is 16.4 Å². The van der Waals surface area contributed by atoms with Crippen LogP contribution in [0.15, 0.2) is 27.7 Å². The van der Waals surface area contributed by atoms with E-state index in [1.54, 1.807) is 20.8 Å². The van der Waals surface area contributed by atoms with Crippen LogP contribution in [-0.4, -0.2) is 34.6 Å². The number of amides is 1. The van der Waals surface area contributed by atoms with Gasteiger partial charge in [-0.3, -0.25) is 14.9 Å². The molecule has 2 rings (SSSR count). The second kappa shape index (κ2) is 8.61. The van der Waals surface area contributed by atoms with Gasteiger partial charge in [-0.25, -0.2) is 10.2 Å². The lowest BCUT2D eigenvalue weighted by Gasteiger charge is -2.01. The first-order chi connectivity index (χ1) is 12.8. The van der Waals surface area contributed by atoms with Crippen molar-refractivity contribution in [2.45, 2.75) is 20.8 Å². The van der Waals surface area contributed by atoms with E-state index in [0.29, 0.717) is 16.8 Å². The Morgan fingerprint density at radius 1 is 1.41 bits per heavy atom. The van der Waals surface area contributed by atoms with Crippen molar-refractivity contribution < 1.29 is 23.7 Å². The number of nitrogens with zero attached hydrogens (tertiary/aromatic N) is 2. The molecule has 2 aromatic heterocycles. The highest BCUT2D eigenvalue weighted by molar-refractivity contribution is 6.01. The van der Waals surface area contributed by atoms with Crippen LogP contribution in [0.3, 0.4) is 0 Å². The minimum atomic E-state index is -0.641. The Labute approximate surface area is 154 Å². The van der Waals surface area contributed by atoms with Crippen LogP contribution in [0.5, 0.6) is 0 Å². The maximum absolute atomic E-state index is 12.3.